The van der Waals surface area contributed by atoms with Crippen molar-refractivity contribution >= 4 is 11.8 Å². The van der Waals surface area contributed by atoms with Crippen LogP contribution in [0.5, 0.6) is 0 Å². The molecular formula is C21H27FN2O3. The highest BCUT2D eigenvalue weighted by molar-refractivity contribution is 5.94. The minimum atomic E-state index is -0.354. The number of rotatable bonds is 2. The van der Waals surface area contributed by atoms with Crippen molar-refractivity contribution < 1.29 is 18.7 Å². The zero-order valence-corrected chi connectivity index (χ0v) is 15.6. The van der Waals surface area contributed by atoms with E-state index in [0.29, 0.717) is 31.8 Å². The average Bonchev–Trinajstić information content (AvgIpc) is 2.73. The molecule has 2 aliphatic heterocycles. The van der Waals surface area contributed by atoms with Crippen LogP contribution in [0.2, 0.25) is 0 Å². The van der Waals surface area contributed by atoms with Crippen LogP contribution in [0.1, 0.15) is 48.9 Å². The van der Waals surface area contributed by atoms with E-state index in [1.165, 1.54) is 30.7 Å². The maximum Gasteiger partial charge on any atom is 0.253 e. The second-order valence-corrected chi connectivity index (χ2v) is 7.89. The predicted octanol–water partition coefficient (Wildman–Crippen LogP) is 2.85. The fraction of sp³-hybridized carbons (Fsp3) is 0.619. The van der Waals surface area contributed by atoms with E-state index >= 15 is 0 Å². The first-order valence-electron chi connectivity index (χ1n) is 10.1. The molecule has 1 aliphatic carbocycles. The molecular weight excluding hydrogens is 347 g/mol. The summed E-state index contributed by atoms with van der Waals surface area (Å²) >= 11 is 0. The van der Waals surface area contributed by atoms with Gasteiger partial charge in [-0.3, -0.25) is 9.59 Å². The van der Waals surface area contributed by atoms with Gasteiger partial charge in [-0.05, 0) is 49.9 Å². The van der Waals surface area contributed by atoms with Crippen molar-refractivity contribution in [3.8, 4) is 0 Å². The Morgan fingerprint density at radius 1 is 1.00 bits per heavy atom. The Balaban J connectivity index is 1.43. The Morgan fingerprint density at radius 2 is 1.78 bits per heavy atom. The van der Waals surface area contributed by atoms with Crippen LogP contribution in [0.15, 0.2) is 24.3 Å². The standard InChI is InChI=1S/C21H27FN2O3/c22-17-9-7-15(8-10-17)20(25)23-11-3-4-16(14-23)21(26)24-12-13-27-19-6-2-1-5-18(19)24/h7-10,16,18-19H,1-6,11-14H2. The summed E-state index contributed by atoms with van der Waals surface area (Å²) in [5.41, 5.74) is 0.475. The van der Waals surface area contributed by atoms with E-state index in [0.717, 1.165) is 32.1 Å². The summed E-state index contributed by atoms with van der Waals surface area (Å²) in [5, 5.41) is 0. The minimum absolute atomic E-state index is 0.120. The number of likely N-dealkylation sites (tertiary alicyclic amines) is 1. The van der Waals surface area contributed by atoms with Gasteiger partial charge in [-0.15, -0.1) is 0 Å². The smallest absolute Gasteiger partial charge is 0.253 e. The lowest BCUT2D eigenvalue weighted by atomic mass is 9.88. The third-order valence-corrected chi connectivity index (χ3v) is 6.16. The van der Waals surface area contributed by atoms with E-state index in [-0.39, 0.29) is 35.7 Å². The molecule has 3 unspecified atom stereocenters. The lowest BCUT2D eigenvalue weighted by Gasteiger charge is -2.45. The molecule has 4 rings (SSSR count). The summed E-state index contributed by atoms with van der Waals surface area (Å²) in [5.74, 6) is -0.451. The van der Waals surface area contributed by atoms with Gasteiger partial charge in [0, 0.05) is 25.2 Å². The summed E-state index contributed by atoms with van der Waals surface area (Å²) in [6.07, 6.45) is 6.19. The Kier molecular flexibility index (Phi) is 5.43. The number of piperidine rings is 1. The van der Waals surface area contributed by atoms with Crippen LogP contribution >= 0.6 is 0 Å². The van der Waals surface area contributed by atoms with Gasteiger partial charge in [-0.1, -0.05) is 12.8 Å². The molecule has 2 heterocycles. The number of benzene rings is 1. The summed E-state index contributed by atoms with van der Waals surface area (Å²) in [6.45, 7) is 2.36. The van der Waals surface area contributed by atoms with Crippen molar-refractivity contribution in [2.75, 3.05) is 26.2 Å². The summed E-state index contributed by atoms with van der Waals surface area (Å²) in [7, 11) is 0. The third-order valence-electron chi connectivity index (χ3n) is 6.16. The number of halogens is 1. The van der Waals surface area contributed by atoms with Crippen molar-refractivity contribution in [1.29, 1.82) is 0 Å². The number of carbonyl (C=O) groups excluding carboxylic acids is 2. The molecule has 1 aromatic rings. The fourth-order valence-electron chi connectivity index (χ4n) is 4.74. The summed E-state index contributed by atoms with van der Waals surface area (Å²) in [4.78, 5) is 29.8. The van der Waals surface area contributed by atoms with Gasteiger partial charge in [0.1, 0.15) is 5.82 Å². The summed E-state index contributed by atoms with van der Waals surface area (Å²) in [6, 6.07) is 5.83. The number of ether oxygens (including phenoxy) is 1. The normalized spacial score (nSPS) is 28.6. The molecule has 146 valence electrons. The van der Waals surface area contributed by atoms with E-state index in [9.17, 15) is 14.0 Å². The van der Waals surface area contributed by atoms with Crippen LogP contribution < -0.4 is 0 Å². The zero-order chi connectivity index (χ0) is 18.8. The number of nitrogens with zero attached hydrogens (tertiary/aromatic N) is 2. The van der Waals surface area contributed by atoms with Crippen LogP contribution in [0, 0.1) is 11.7 Å². The van der Waals surface area contributed by atoms with Crippen LogP contribution in [0.25, 0.3) is 0 Å². The van der Waals surface area contributed by atoms with Crippen molar-refractivity contribution in [1.82, 2.24) is 9.80 Å². The van der Waals surface area contributed by atoms with Gasteiger partial charge in [0.05, 0.1) is 24.7 Å². The molecule has 5 nitrogen and oxygen atoms in total. The van der Waals surface area contributed by atoms with Gasteiger partial charge in [-0.2, -0.15) is 0 Å². The SMILES string of the molecule is O=C(c1ccc(F)cc1)N1CCCC(C(=O)N2CCOC3CCCCC32)C1. The topological polar surface area (TPSA) is 49.9 Å². The number of morpholine rings is 1. The first-order chi connectivity index (χ1) is 13.1. The van der Waals surface area contributed by atoms with Gasteiger partial charge in [0.15, 0.2) is 0 Å². The molecule has 2 saturated heterocycles. The molecule has 1 saturated carbocycles. The predicted molar refractivity (Wildman–Crippen MR) is 98.7 cm³/mol. The highest BCUT2D eigenvalue weighted by Gasteiger charge is 2.40. The minimum Gasteiger partial charge on any atom is -0.374 e. The van der Waals surface area contributed by atoms with E-state index in [1.54, 1.807) is 4.90 Å². The Bertz CT molecular complexity index is 691. The first kappa shape index (κ1) is 18.4. The summed E-state index contributed by atoms with van der Waals surface area (Å²) < 4.78 is 19.0. The fourth-order valence-corrected chi connectivity index (χ4v) is 4.74. The molecule has 3 atom stereocenters. The second-order valence-electron chi connectivity index (χ2n) is 7.89. The Hall–Kier alpha value is -1.95. The van der Waals surface area contributed by atoms with Gasteiger partial charge in [-0.25, -0.2) is 4.39 Å². The van der Waals surface area contributed by atoms with Gasteiger partial charge < -0.3 is 14.5 Å². The molecule has 2 amide bonds. The maximum atomic E-state index is 13.2. The van der Waals surface area contributed by atoms with Crippen molar-refractivity contribution in [2.24, 2.45) is 5.92 Å². The van der Waals surface area contributed by atoms with E-state index in [2.05, 4.69) is 0 Å². The highest BCUT2D eigenvalue weighted by atomic mass is 19.1. The largest absolute Gasteiger partial charge is 0.374 e. The van der Waals surface area contributed by atoms with Gasteiger partial charge >= 0.3 is 0 Å². The van der Waals surface area contributed by atoms with Crippen LogP contribution in [0.3, 0.4) is 0 Å². The molecule has 3 aliphatic rings. The molecule has 0 bridgehead atoms. The number of carbonyl (C=O) groups is 2. The van der Waals surface area contributed by atoms with E-state index in [1.807, 2.05) is 4.90 Å². The second kappa shape index (κ2) is 7.97. The lowest BCUT2D eigenvalue weighted by Crippen LogP contribution is -2.57. The monoisotopic (exact) mass is 374 g/mol. The Labute approximate surface area is 159 Å². The molecule has 0 spiro atoms. The van der Waals surface area contributed by atoms with Crippen molar-refractivity contribution in [3.63, 3.8) is 0 Å². The van der Waals surface area contributed by atoms with Crippen LogP contribution in [-0.4, -0.2) is 60.0 Å². The van der Waals surface area contributed by atoms with Gasteiger partial charge in [0.25, 0.3) is 5.91 Å². The molecule has 0 N–H and O–H groups in total. The van der Waals surface area contributed by atoms with Crippen molar-refractivity contribution in [3.05, 3.63) is 35.6 Å². The first-order valence-corrected chi connectivity index (χ1v) is 10.1. The number of amides is 2. The number of hydrogen-bond acceptors (Lipinski definition) is 3. The molecule has 0 aromatic heterocycles. The van der Waals surface area contributed by atoms with E-state index in [4.69, 9.17) is 4.74 Å². The lowest BCUT2D eigenvalue weighted by molar-refractivity contribution is -0.155. The van der Waals surface area contributed by atoms with Crippen LogP contribution in [0.4, 0.5) is 4.39 Å². The molecule has 3 fully saturated rings. The highest BCUT2D eigenvalue weighted by Crippen LogP contribution is 2.31. The number of hydrogen-bond donors (Lipinski definition) is 0. The van der Waals surface area contributed by atoms with Crippen molar-refractivity contribution in [2.45, 2.75) is 50.7 Å². The molecule has 27 heavy (non-hydrogen) atoms. The maximum absolute atomic E-state index is 13.2. The molecule has 6 heteroatoms. The van der Waals surface area contributed by atoms with Crippen LogP contribution in [-0.2, 0) is 9.53 Å². The number of fused-ring (bicyclic) bond motifs is 1. The molecule has 0 radical (unpaired) electrons. The Morgan fingerprint density at radius 3 is 2.59 bits per heavy atom. The molecule has 1 aromatic carbocycles. The zero-order valence-electron chi connectivity index (χ0n) is 15.6. The quantitative estimate of drug-likeness (QED) is 0.800. The van der Waals surface area contributed by atoms with E-state index < -0.39 is 0 Å². The van der Waals surface area contributed by atoms with Gasteiger partial charge in [0.2, 0.25) is 5.91 Å². The third kappa shape index (κ3) is 3.86. The average molecular weight is 374 g/mol.